The molecule has 2 heterocycles. The van der Waals surface area contributed by atoms with Gasteiger partial charge in [0.2, 0.25) is 0 Å². The molecule has 1 N–H and O–H groups in total. The van der Waals surface area contributed by atoms with Crippen molar-refractivity contribution in [2.75, 3.05) is 26.2 Å². The molecule has 0 radical (unpaired) electrons. The molecule has 0 spiro atoms. The summed E-state index contributed by atoms with van der Waals surface area (Å²) in [5.41, 5.74) is 3.38. The smallest absolute Gasteiger partial charge is 0.159 e. The highest BCUT2D eigenvalue weighted by Crippen LogP contribution is 2.20. The average molecular weight is 423 g/mol. The van der Waals surface area contributed by atoms with Crippen molar-refractivity contribution in [1.82, 2.24) is 19.8 Å². The van der Waals surface area contributed by atoms with E-state index in [1.165, 1.54) is 5.56 Å². The SMILES string of the molecule is OCC[C@@H]1CN(Cc2cnc(-c3ccc(Cl)cc3)nc2)CCN1Cc1ccccc1. The number of piperazine rings is 1. The first-order chi connectivity index (χ1) is 14.7. The number of aliphatic hydroxyl groups is 1. The van der Waals surface area contributed by atoms with Gasteiger partial charge in [0, 0.05) is 73.9 Å². The van der Waals surface area contributed by atoms with Crippen LogP contribution >= 0.6 is 11.6 Å². The van der Waals surface area contributed by atoms with E-state index in [9.17, 15) is 5.11 Å². The van der Waals surface area contributed by atoms with E-state index in [0.29, 0.717) is 16.9 Å². The van der Waals surface area contributed by atoms with Crippen molar-refractivity contribution in [1.29, 1.82) is 0 Å². The molecule has 0 bridgehead atoms. The maximum atomic E-state index is 9.56. The Kier molecular flexibility index (Phi) is 7.07. The van der Waals surface area contributed by atoms with Crippen LogP contribution in [0.2, 0.25) is 5.02 Å². The van der Waals surface area contributed by atoms with Crippen molar-refractivity contribution in [2.24, 2.45) is 0 Å². The molecular formula is C24H27ClN4O. The molecule has 0 aliphatic carbocycles. The fourth-order valence-electron chi connectivity index (χ4n) is 3.99. The first-order valence-corrected chi connectivity index (χ1v) is 10.8. The highest BCUT2D eigenvalue weighted by atomic mass is 35.5. The van der Waals surface area contributed by atoms with Gasteiger partial charge in [-0.1, -0.05) is 41.9 Å². The molecule has 1 atom stereocenters. The van der Waals surface area contributed by atoms with Crippen molar-refractivity contribution in [2.45, 2.75) is 25.6 Å². The Labute approximate surface area is 183 Å². The summed E-state index contributed by atoms with van der Waals surface area (Å²) in [5, 5.41) is 10.3. The second-order valence-corrected chi connectivity index (χ2v) is 8.22. The van der Waals surface area contributed by atoms with Gasteiger partial charge in [0.05, 0.1) is 0 Å². The van der Waals surface area contributed by atoms with Crippen molar-refractivity contribution < 1.29 is 5.11 Å². The Bertz CT molecular complexity index is 918. The first kappa shape index (κ1) is 20.9. The molecule has 156 valence electrons. The van der Waals surface area contributed by atoms with Gasteiger partial charge in [0.15, 0.2) is 5.82 Å². The highest BCUT2D eigenvalue weighted by Gasteiger charge is 2.26. The molecular weight excluding hydrogens is 396 g/mol. The summed E-state index contributed by atoms with van der Waals surface area (Å²) < 4.78 is 0. The molecule has 30 heavy (non-hydrogen) atoms. The van der Waals surface area contributed by atoms with Crippen molar-refractivity contribution in [3.8, 4) is 11.4 Å². The van der Waals surface area contributed by atoms with Crippen molar-refractivity contribution in [3.63, 3.8) is 0 Å². The summed E-state index contributed by atoms with van der Waals surface area (Å²) in [6.45, 7) is 4.88. The largest absolute Gasteiger partial charge is 0.396 e. The minimum atomic E-state index is 0.211. The fourth-order valence-corrected chi connectivity index (χ4v) is 4.12. The van der Waals surface area contributed by atoms with Gasteiger partial charge in [-0.05, 0) is 36.2 Å². The minimum Gasteiger partial charge on any atom is -0.396 e. The van der Waals surface area contributed by atoms with E-state index in [1.807, 2.05) is 42.7 Å². The van der Waals surface area contributed by atoms with E-state index in [-0.39, 0.29) is 6.61 Å². The summed E-state index contributed by atoms with van der Waals surface area (Å²) in [5.74, 6) is 0.709. The number of rotatable bonds is 7. The zero-order chi connectivity index (χ0) is 20.8. The normalized spacial score (nSPS) is 17.9. The summed E-state index contributed by atoms with van der Waals surface area (Å²) in [4.78, 5) is 14.0. The zero-order valence-corrected chi connectivity index (χ0v) is 17.7. The number of hydrogen-bond donors (Lipinski definition) is 1. The van der Waals surface area contributed by atoms with Gasteiger partial charge >= 0.3 is 0 Å². The van der Waals surface area contributed by atoms with Gasteiger partial charge in [-0.25, -0.2) is 9.97 Å². The second kappa shape index (κ2) is 10.1. The van der Waals surface area contributed by atoms with Gasteiger partial charge < -0.3 is 5.11 Å². The van der Waals surface area contributed by atoms with Gasteiger partial charge in [-0.3, -0.25) is 9.80 Å². The topological polar surface area (TPSA) is 52.5 Å². The molecule has 4 rings (SSSR count). The molecule has 1 aromatic heterocycles. The van der Waals surface area contributed by atoms with E-state index in [4.69, 9.17) is 11.6 Å². The first-order valence-electron chi connectivity index (χ1n) is 10.4. The standard InChI is InChI=1S/C24H27ClN4O/c25-22-8-6-21(7-9-22)24-26-14-20(15-27-24)16-28-11-12-29(23(18-28)10-13-30)17-19-4-2-1-3-5-19/h1-9,14-15,23,30H,10-13,16-18H2/t23-/m1/s1. The van der Waals surface area contributed by atoms with Gasteiger partial charge in [-0.15, -0.1) is 0 Å². The lowest BCUT2D eigenvalue weighted by molar-refractivity contribution is 0.0499. The lowest BCUT2D eigenvalue weighted by Gasteiger charge is -2.41. The van der Waals surface area contributed by atoms with Crippen LogP contribution in [0.25, 0.3) is 11.4 Å². The number of benzene rings is 2. The predicted molar refractivity (Wildman–Crippen MR) is 120 cm³/mol. The third-order valence-electron chi connectivity index (χ3n) is 5.59. The quantitative estimate of drug-likeness (QED) is 0.626. The Morgan fingerprint density at radius 1 is 0.900 bits per heavy atom. The molecule has 0 saturated carbocycles. The molecule has 3 aromatic rings. The van der Waals surface area contributed by atoms with E-state index in [2.05, 4.69) is 44.0 Å². The third-order valence-corrected chi connectivity index (χ3v) is 5.85. The lowest BCUT2D eigenvalue weighted by atomic mass is 10.1. The predicted octanol–water partition coefficient (Wildman–Crippen LogP) is 3.87. The summed E-state index contributed by atoms with van der Waals surface area (Å²) in [6.07, 6.45) is 4.61. The molecule has 1 aliphatic rings. The molecule has 6 heteroatoms. The van der Waals surface area contributed by atoms with Crippen LogP contribution in [0.3, 0.4) is 0 Å². The zero-order valence-electron chi connectivity index (χ0n) is 17.0. The van der Waals surface area contributed by atoms with Crippen LogP contribution in [0, 0.1) is 0 Å². The lowest BCUT2D eigenvalue weighted by Crippen LogP contribution is -2.52. The van der Waals surface area contributed by atoms with Crippen LogP contribution in [-0.2, 0) is 13.1 Å². The maximum Gasteiger partial charge on any atom is 0.159 e. The number of nitrogens with zero attached hydrogens (tertiary/aromatic N) is 4. The Hall–Kier alpha value is -2.31. The van der Waals surface area contributed by atoms with Gasteiger partial charge in [-0.2, -0.15) is 0 Å². The van der Waals surface area contributed by atoms with E-state index in [1.54, 1.807) is 0 Å². The van der Waals surface area contributed by atoms with Crippen LogP contribution in [-0.4, -0.2) is 57.2 Å². The van der Waals surface area contributed by atoms with Crippen molar-refractivity contribution in [3.05, 3.63) is 83.1 Å². The molecule has 1 aliphatic heterocycles. The number of halogens is 1. The van der Waals surface area contributed by atoms with E-state index in [0.717, 1.165) is 50.3 Å². The van der Waals surface area contributed by atoms with Crippen LogP contribution < -0.4 is 0 Å². The fraction of sp³-hybridized carbons (Fsp3) is 0.333. The van der Waals surface area contributed by atoms with Crippen LogP contribution in [0.1, 0.15) is 17.5 Å². The maximum absolute atomic E-state index is 9.56. The molecule has 1 fully saturated rings. The molecule has 2 aromatic carbocycles. The molecule has 0 unspecified atom stereocenters. The second-order valence-electron chi connectivity index (χ2n) is 7.78. The number of aromatic nitrogens is 2. The molecule has 5 nitrogen and oxygen atoms in total. The summed E-state index contributed by atoms with van der Waals surface area (Å²) >= 11 is 5.96. The monoisotopic (exact) mass is 422 g/mol. The Morgan fingerprint density at radius 3 is 2.33 bits per heavy atom. The van der Waals surface area contributed by atoms with E-state index < -0.39 is 0 Å². The number of aliphatic hydroxyl groups excluding tert-OH is 1. The van der Waals surface area contributed by atoms with Crippen LogP contribution in [0.5, 0.6) is 0 Å². The molecule has 1 saturated heterocycles. The van der Waals surface area contributed by atoms with Crippen LogP contribution in [0.15, 0.2) is 67.0 Å². The van der Waals surface area contributed by atoms with Gasteiger partial charge in [0.1, 0.15) is 0 Å². The Balaban J connectivity index is 1.37. The molecule has 0 amide bonds. The highest BCUT2D eigenvalue weighted by molar-refractivity contribution is 6.30. The van der Waals surface area contributed by atoms with Crippen LogP contribution in [0.4, 0.5) is 0 Å². The van der Waals surface area contributed by atoms with E-state index >= 15 is 0 Å². The Morgan fingerprint density at radius 2 is 1.63 bits per heavy atom. The van der Waals surface area contributed by atoms with Crippen molar-refractivity contribution >= 4 is 11.6 Å². The third kappa shape index (κ3) is 5.43. The average Bonchev–Trinajstić information content (AvgIpc) is 2.78. The summed E-state index contributed by atoms with van der Waals surface area (Å²) in [7, 11) is 0. The summed E-state index contributed by atoms with van der Waals surface area (Å²) in [6, 6.07) is 18.5. The minimum absolute atomic E-state index is 0.211. The number of hydrogen-bond acceptors (Lipinski definition) is 5. The van der Waals surface area contributed by atoms with Gasteiger partial charge in [0.25, 0.3) is 0 Å².